The van der Waals surface area contributed by atoms with Crippen LogP contribution in [0.2, 0.25) is 5.02 Å². The summed E-state index contributed by atoms with van der Waals surface area (Å²) < 4.78 is 13.6. The molecule has 154 valence electrons. The van der Waals surface area contributed by atoms with Crippen molar-refractivity contribution >= 4 is 52.4 Å². The zero-order valence-electron chi connectivity index (χ0n) is 15.2. The first kappa shape index (κ1) is 21.3. The fraction of sp³-hybridized carbons (Fsp3) is 0.0526. The summed E-state index contributed by atoms with van der Waals surface area (Å²) in [6.45, 7) is 0. The molecule has 0 saturated carbocycles. The van der Waals surface area contributed by atoms with Crippen LogP contribution in [0.15, 0.2) is 58.5 Å². The molecule has 11 heteroatoms. The number of anilines is 3. The molecule has 8 nitrogen and oxygen atoms in total. The van der Waals surface area contributed by atoms with Crippen LogP contribution in [0.3, 0.4) is 0 Å². The van der Waals surface area contributed by atoms with Gasteiger partial charge in [-0.2, -0.15) is 0 Å². The van der Waals surface area contributed by atoms with Gasteiger partial charge in [0.1, 0.15) is 11.5 Å². The van der Waals surface area contributed by atoms with E-state index in [0.29, 0.717) is 5.02 Å². The minimum Gasteiger partial charge on any atom is -0.382 e. The number of rotatable bonds is 6. The van der Waals surface area contributed by atoms with E-state index in [-0.39, 0.29) is 33.7 Å². The lowest BCUT2D eigenvalue weighted by atomic mass is 10.2. The highest BCUT2D eigenvalue weighted by Gasteiger charge is 2.15. The van der Waals surface area contributed by atoms with Gasteiger partial charge in [-0.3, -0.25) is 19.4 Å². The first-order valence-electron chi connectivity index (χ1n) is 8.47. The van der Waals surface area contributed by atoms with Crippen LogP contribution in [0.25, 0.3) is 0 Å². The van der Waals surface area contributed by atoms with Crippen LogP contribution in [0.4, 0.5) is 21.6 Å². The SMILES string of the molecule is Nc1nc(SCC(=O)Nc2ccccc2F)[nH]c(=O)c1NC(=O)c1ccc(Cl)cc1. The molecule has 5 N–H and O–H groups in total. The highest BCUT2D eigenvalue weighted by molar-refractivity contribution is 7.99. The second kappa shape index (κ2) is 9.42. The Hall–Kier alpha value is -3.37. The number of nitrogens with two attached hydrogens (primary N) is 1. The number of carbonyl (C=O) groups excluding carboxylic acids is 2. The van der Waals surface area contributed by atoms with E-state index < -0.39 is 23.2 Å². The van der Waals surface area contributed by atoms with E-state index in [4.69, 9.17) is 17.3 Å². The highest BCUT2D eigenvalue weighted by atomic mass is 35.5. The van der Waals surface area contributed by atoms with Crippen LogP contribution in [-0.4, -0.2) is 27.5 Å². The number of hydrogen-bond acceptors (Lipinski definition) is 6. The van der Waals surface area contributed by atoms with Crippen LogP contribution >= 0.6 is 23.4 Å². The third kappa shape index (κ3) is 5.37. The minimum absolute atomic E-state index is 0.0457. The van der Waals surface area contributed by atoms with Gasteiger partial charge in [0.15, 0.2) is 11.0 Å². The average molecular weight is 448 g/mol. The third-order valence-electron chi connectivity index (χ3n) is 3.76. The number of para-hydroxylation sites is 1. The maximum absolute atomic E-state index is 13.6. The number of aromatic nitrogens is 2. The van der Waals surface area contributed by atoms with E-state index in [9.17, 15) is 18.8 Å². The molecule has 0 radical (unpaired) electrons. The topological polar surface area (TPSA) is 130 Å². The van der Waals surface area contributed by atoms with Gasteiger partial charge < -0.3 is 16.4 Å². The van der Waals surface area contributed by atoms with Gasteiger partial charge in [-0.05, 0) is 36.4 Å². The first-order chi connectivity index (χ1) is 14.3. The number of aromatic amines is 1. The molecule has 0 fully saturated rings. The number of carbonyl (C=O) groups is 2. The Labute approximate surface area is 179 Å². The van der Waals surface area contributed by atoms with Gasteiger partial charge in [0.2, 0.25) is 5.91 Å². The van der Waals surface area contributed by atoms with Gasteiger partial charge in [-0.1, -0.05) is 35.5 Å². The molecule has 0 aliphatic rings. The molecule has 0 aliphatic carbocycles. The second-order valence-corrected chi connectivity index (χ2v) is 7.31. The van der Waals surface area contributed by atoms with E-state index in [1.165, 1.54) is 42.5 Å². The molecule has 1 heterocycles. The van der Waals surface area contributed by atoms with Crippen molar-refractivity contribution in [3.05, 3.63) is 75.3 Å². The number of hydrogen-bond donors (Lipinski definition) is 4. The monoisotopic (exact) mass is 447 g/mol. The largest absolute Gasteiger partial charge is 0.382 e. The second-order valence-electron chi connectivity index (χ2n) is 5.91. The number of H-pyrrole nitrogens is 1. The van der Waals surface area contributed by atoms with Crippen molar-refractivity contribution in [2.45, 2.75) is 5.16 Å². The maximum atomic E-state index is 13.6. The summed E-state index contributed by atoms with van der Waals surface area (Å²) in [7, 11) is 0. The molecular weight excluding hydrogens is 433 g/mol. The summed E-state index contributed by atoms with van der Waals surface area (Å²) in [4.78, 5) is 43.0. The zero-order valence-corrected chi connectivity index (χ0v) is 16.8. The summed E-state index contributed by atoms with van der Waals surface area (Å²) in [5, 5.41) is 5.36. The Morgan fingerprint density at radius 2 is 1.83 bits per heavy atom. The normalized spacial score (nSPS) is 10.5. The summed E-state index contributed by atoms with van der Waals surface area (Å²) in [6, 6.07) is 11.8. The van der Waals surface area contributed by atoms with Crippen molar-refractivity contribution in [2.75, 3.05) is 22.1 Å². The minimum atomic E-state index is -0.679. The molecule has 3 rings (SSSR count). The van der Waals surface area contributed by atoms with Gasteiger partial charge in [-0.15, -0.1) is 0 Å². The molecule has 0 saturated heterocycles. The van der Waals surface area contributed by atoms with E-state index in [0.717, 1.165) is 11.8 Å². The Bertz CT molecular complexity index is 1150. The summed E-state index contributed by atoms with van der Waals surface area (Å²) in [5.41, 5.74) is 5.23. The van der Waals surface area contributed by atoms with Crippen LogP contribution in [0.1, 0.15) is 10.4 Å². The average Bonchev–Trinajstić information content (AvgIpc) is 2.71. The van der Waals surface area contributed by atoms with Gasteiger partial charge in [0, 0.05) is 10.6 Å². The number of amides is 2. The van der Waals surface area contributed by atoms with E-state index >= 15 is 0 Å². The lowest BCUT2D eigenvalue weighted by Gasteiger charge is -2.09. The van der Waals surface area contributed by atoms with Crippen LogP contribution < -0.4 is 21.9 Å². The Balaban J connectivity index is 1.65. The molecule has 2 aromatic carbocycles. The molecule has 2 amide bonds. The lowest BCUT2D eigenvalue weighted by Crippen LogP contribution is -2.23. The van der Waals surface area contributed by atoms with E-state index in [1.807, 2.05) is 0 Å². The van der Waals surface area contributed by atoms with Crippen LogP contribution in [0, 0.1) is 5.82 Å². The van der Waals surface area contributed by atoms with Gasteiger partial charge in [0.25, 0.3) is 11.5 Å². The van der Waals surface area contributed by atoms with Crippen molar-refractivity contribution in [2.24, 2.45) is 0 Å². The molecular formula is C19H15ClFN5O3S. The number of benzene rings is 2. The Morgan fingerprint density at radius 1 is 1.13 bits per heavy atom. The molecule has 30 heavy (non-hydrogen) atoms. The summed E-state index contributed by atoms with van der Waals surface area (Å²) >= 11 is 6.68. The molecule has 0 unspecified atom stereocenters. The smallest absolute Gasteiger partial charge is 0.277 e. The molecule has 3 aromatic rings. The fourth-order valence-electron chi connectivity index (χ4n) is 2.33. The summed E-state index contributed by atoms with van der Waals surface area (Å²) in [6.07, 6.45) is 0. The molecule has 0 atom stereocenters. The molecule has 0 bridgehead atoms. The van der Waals surface area contributed by atoms with E-state index in [1.54, 1.807) is 6.07 Å². The number of halogens is 2. The number of nitrogen functional groups attached to an aromatic ring is 1. The fourth-order valence-corrected chi connectivity index (χ4v) is 3.12. The molecule has 0 aliphatic heterocycles. The van der Waals surface area contributed by atoms with E-state index in [2.05, 4.69) is 20.6 Å². The Morgan fingerprint density at radius 3 is 2.50 bits per heavy atom. The van der Waals surface area contributed by atoms with Gasteiger partial charge in [-0.25, -0.2) is 9.37 Å². The maximum Gasteiger partial charge on any atom is 0.277 e. The van der Waals surface area contributed by atoms with Crippen molar-refractivity contribution in [3.8, 4) is 0 Å². The van der Waals surface area contributed by atoms with Gasteiger partial charge >= 0.3 is 0 Å². The predicted octanol–water partition coefficient (Wildman–Crippen LogP) is 3.13. The number of nitrogens with zero attached hydrogens (tertiary/aromatic N) is 1. The number of nitrogens with one attached hydrogen (secondary N) is 3. The van der Waals surface area contributed by atoms with Crippen LogP contribution in [-0.2, 0) is 4.79 Å². The highest BCUT2D eigenvalue weighted by Crippen LogP contribution is 2.19. The van der Waals surface area contributed by atoms with Crippen LogP contribution in [0.5, 0.6) is 0 Å². The first-order valence-corrected chi connectivity index (χ1v) is 9.83. The Kier molecular flexibility index (Phi) is 6.70. The molecule has 0 spiro atoms. The van der Waals surface area contributed by atoms with Crippen molar-refractivity contribution in [3.63, 3.8) is 0 Å². The quantitative estimate of drug-likeness (QED) is 0.339. The zero-order chi connectivity index (χ0) is 21.7. The van der Waals surface area contributed by atoms with Crippen molar-refractivity contribution in [1.82, 2.24) is 9.97 Å². The third-order valence-corrected chi connectivity index (χ3v) is 4.88. The summed E-state index contributed by atoms with van der Waals surface area (Å²) in [5.74, 6) is -1.97. The lowest BCUT2D eigenvalue weighted by molar-refractivity contribution is -0.113. The van der Waals surface area contributed by atoms with Crippen molar-refractivity contribution < 1.29 is 14.0 Å². The number of thioether (sulfide) groups is 1. The van der Waals surface area contributed by atoms with Gasteiger partial charge in [0.05, 0.1) is 11.4 Å². The molecule has 1 aromatic heterocycles. The van der Waals surface area contributed by atoms with Crippen molar-refractivity contribution in [1.29, 1.82) is 0 Å². The standard InChI is InChI=1S/C19H15ClFN5O3S/c20-11-7-5-10(6-8-11)17(28)24-15-16(22)25-19(26-18(15)29)30-9-14(27)23-13-4-2-1-3-12(13)21/h1-8H,9H2,(H,23,27)(H,24,28)(H3,22,25,26,29). The predicted molar refractivity (Wildman–Crippen MR) is 114 cm³/mol.